The molecule has 0 spiro atoms. The lowest BCUT2D eigenvalue weighted by atomic mass is 9.33. The summed E-state index contributed by atoms with van der Waals surface area (Å²) >= 11 is 0. The van der Waals surface area contributed by atoms with Crippen molar-refractivity contribution < 1.29 is 84.3 Å². The van der Waals surface area contributed by atoms with E-state index < -0.39 is 131 Å². The van der Waals surface area contributed by atoms with E-state index in [-0.39, 0.29) is 43.7 Å². The van der Waals surface area contributed by atoms with Crippen LogP contribution in [0.25, 0.3) is 0 Å². The number of ether oxygens (including phenoxy) is 5. The second-order valence-corrected chi connectivity index (χ2v) is 20.6. The van der Waals surface area contributed by atoms with Gasteiger partial charge in [0, 0.05) is 5.41 Å². The minimum atomic E-state index is -1.78. The highest BCUT2D eigenvalue weighted by molar-refractivity contribution is 5.81. The van der Waals surface area contributed by atoms with Gasteiger partial charge in [-0.1, -0.05) is 39.3 Å². The molecule has 0 aromatic carbocycles. The van der Waals surface area contributed by atoms with Crippen molar-refractivity contribution in [3.63, 3.8) is 0 Å². The molecule has 2 saturated heterocycles. The first-order valence-electron chi connectivity index (χ1n) is 21.6. The van der Waals surface area contributed by atoms with E-state index in [1.165, 1.54) is 7.11 Å². The zero-order chi connectivity index (χ0) is 44.1. The maximum atomic E-state index is 14.7. The average molecular weight is 857 g/mol. The first-order chi connectivity index (χ1) is 28.1. The Morgan fingerprint density at radius 1 is 0.717 bits per heavy atom. The first-order valence-corrected chi connectivity index (χ1v) is 21.6. The number of carbonyl (C=O) groups excluding carboxylic acids is 2. The third-order valence-electron chi connectivity index (χ3n) is 17.7. The Labute approximate surface area is 350 Å². The van der Waals surface area contributed by atoms with Crippen molar-refractivity contribution in [3.05, 3.63) is 11.6 Å². The van der Waals surface area contributed by atoms with Crippen LogP contribution in [0, 0.1) is 50.2 Å². The average Bonchev–Trinajstić information content (AvgIpc) is 3.22. The number of esters is 2. The van der Waals surface area contributed by atoms with E-state index in [1.807, 2.05) is 13.8 Å². The Bertz CT molecular complexity index is 1660. The molecule has 7 aliphatic rings. The third-order valence-corrected chi connectivity index (χ3v) is 17.7. The van der Waals surface area contributed by atoms with E-state index in [0.29, 0.717) is 38.5 Å². The molecule has 0 aromatic heterocycles. The minimum Gasteiger partial charge on any atom is -0.469 e. The van der Waals surface area contributed by atoms with Crippen LogP contribution in [0.4, 0.5) is 0 Å². The van der Waals surface area contributed by atoms with Crippen LogP contribution < -0.4 is 0 Å². The minimum absolute atomic E-state index is 0.0321. The van der Waals surface area contributed by atoms with Crippen molar-refractivity contribution in [2.24, 2.45) is 50.2 Å². The van der Waals surface area contributed by atoms with Crippen LogP contribution in [0.1, 0.15) is 92.4 Å². The van der Waals surface area contributed by atoms with Crippen molar-refractivity contribution in [1.29, 1.82) is 0 Å². The van der Waals surface area contributed by atoms with Gasteiger partial charge < -0.3 is 74.7 Å². The Balaban J connectivity index is 1.22. The molecule has 60 heavy (non-hydrogen) atoms. The van der Waals surface area contributed by atoms with Crippen LogP contribution in [0.3, 0.4) is 0 Å². The fourth-order valence-electron chi connectivity index (χ4n) is 14.0. The molecule has 0 amide bonds. The summed E-state index contributed by atoms with van der Waals surface area (Å²) in [4.78, 5) is 28.1. The number of rotatable bonds is 8. The molecule has 17 heteroatoms. The Morgan fingerprint density at radius 3 is 1.88 bits per heavy atom. The van der Waals surface area contributed by atoms with Crippen LogP contribution in [0.5, 0.6) is 0 Å². The van der Waals surface area contributed by atoms with Gasteiger partial charge in [-0.2, -0.15) is 0 Å². The number of hydrogen-bond acceptors (Lipinski definition) is 17. The topological polar surface area (TPSA) is 283 Å². The number of aliphatic hydroxyl groups is 10. The predicted molar refractivity (Wildman–Crippen MR) is 207 cm³/mol. The van der Waals surface area contributed by atoms with Gasteiger partial charge in [0.25, 0.3) is 0 Å². The number of fused-ring (bicyclic) bond motifs is 7. The summed E-state index contributed by atoms with van der Waals surface area (Å²) < 4.78 is 28.8. The Kier molecular flexibility index (Phi) is 12.3. The van der Waals surface area contributed by atoms with Gasteiger partial charge in [-0.25, -0.2) is 0 Å². The van der Waals surface area contributed by atoms with Gasteiger partial charge in [-0.3, -0.25) is 9.59 Å². The normalized spacial score (nSPS) is 54.0. The molecule has 3 unspecified atom stereocenters. The van der Waals surface area contributed by atoms with Crippen molar-refractivity contribution >= 4 is 11.9 Å². The molecular formula is C43H68O17. The Morgan fingerprint density at radius 2 is 1.30 bits per heavy atom. The summed E-state index contributed by atoms with van der Waals surface area (Å²) in [6, 6.07) is 0. The smallest absolute Gasteiger partial charge is 0.315 e. The fraction of sp³-hybridized carbons (Fsp3) is 0.907. The summed E-state index contributed by atoms with van der Waals surface area (Å²) in [6.45, 7) is 8.65. The molecule has 342 valence electrons. The molecule has 17 nitrogen and oxygen atoms in total. The predicted octanol–water partition coefficient (Wildman–Crippen LogP) is -0.587. The van der Waals surface area contributed by atoms with Gasteiger partial charge in [0.05, 0.1) is 50.0 Å². The van der Waals surface area contributed by atoms with Crippen molar-refractivity contribution in [1.82, 2.24) is 0 Å². The lowest BCUT2D eigenvalue weighted by Gasteiger charge is -2.71. The van der Waals surface area contributed by atoms with E-state index in [0.717, 1.165) is 5.57 Å². The van der Waals surface area contributed by atoms with Crippen LogP contribution in [-0.2, 0) is 33.3 Å². The summed E-state index contributed by atoms with van der Waals surface area (Å²) in [5.41, 5.74) is -3.59. The zero-order valence-electron chi connectivity index (χ0n) is 35.6. The molecule has 4 saturated carbocycles. The van der Waals surface area contributed by atoms with Crippen molar-refractivity contribution in [3.8, 4) is 0 Å². The number of allylic oxidation sites excluding steroid dienone is 2. The highest BCUT2D eigenvalue weighted by Crippen LogP contribution is 2.76. The highest BCUT2D eigenvalue weighted by Gasteiger charge is 2.72. The summed E-state index contributed by atoms with van der Waals surface area (Å²) in [5, 5.41) is 106. The van der Waals surface area contributed by atoms with Gasteiger partial charge >= 0.3 is 11.9 Å². The van der Waals surface area contributed by atoms with Gasteiger partial charge in [-0.05, 0) is 98.7 Å². The quantitative estimate of drug-likeness (QED) is 0.0830. The van der Waals surface area contributed by atoms with E-state index in [4.69, 9.17) is 23.7 Å². The zero-order valence-corrected chi connectivity index (χ0v) is 35.6. The molecule has 6 fully saturated rings. The van der Waals surface area contributed by atoms with Gasteiger partial charge in [-0.15, -0.1) is 0 Å². The van der Waals surface area contributed by atoms with E-state index in [1.54, 1.807) is 0 Å². The summed E-state index contributed by atoms with van der Waals surface area (Å²) in [6.07, 6.45) is -11.8. The second-order valence-electron chi connectivity index (χ2n) is 20.6. The van der Waals surface area contributed by atoms with Gasteiger partial charge in [0.15, 0.2) is 6.29 Å². The molecule has 5 aliphatic carbocycles. The van der Waals surface area contributed by atoms with E-state index in [9.17, 15) is 60.7 Å². The van der Waals surface area contributed by atoms with Crippen LogP contribution in [0.2, 0.25) is 0 Å². The number of aliphatic hydroxyl groups excluding tert-OH is 10. The number of carbonyl (C=O) groups is 2. The standard InChI is InChI=1S/C43H68O17/c1-38(36(54)56-6)11-13-43(37(55)60-35-32(53)30(51)28(49)24(18-45)58-35)14-12-41(4)20(21(43)15-38)7-8-26-39(2)16-22(47)33(40(3,19-46)25(39)9-10-42(26,41)5)59-34-31(52)29(50)27(48)23(17-44)57-34/h7,21-35,44-53H,8-19H2,1-6H3/t21?,22-,23+,24+,25?,26?,27+,28+,29-,30-,31+,32+,33-,34-,35-,38-,39-,40-,41+,42+,43-/m0/s1. The summed E-state index contributed by atoms with van der Waals surface area (Å²) in [5.74, 6) is -1.77. The SMILES string of the molecule is COC(=O)[C@@]1(C)CC[C@]2(C(=O)O[C@@H]3O[C@H](CO)[C@@H](O)[C@H](O)[C@H]3O)CC[C@]3(C)C(=CCC4[C@@]5(C)C[C@H](O)[C@H](O[C@@H]6O[C@H](CO)[C@@H](O)[C@H](O)[C@H]6O)[C@@](C)(CO)C5CC[C@]43C)C2C1. The largest absolute Gasteiger partial charge is 0.469 e. The molecule has 2 heterocycles. The third kappa shape index (κ3) is 6.58. The molecule has 10 N–H and O–H groups in total. The van der Waals surface area contributed by atoms with E-state index in [2.05, 4.69) is 26.8 Å². The lowest BCUT2D eigenvalue weighted by Crippen LogP contribution is -2.69. The molecule has 21 atom stereocenters. The fourth-order valence-corrected chi connectivity index (χ4v) is 14.0. The molecule has 2 aliphatic heterocycles. The highest BCUT2D eigenvalue weighted by atomic mass is 16.7. The van der Waals surface area contributed by atoms with Crippen LogP contribution >= 0.6 is 0 Å². The Hall–Kier alpha value is -1.84. The van der Waals surface area contributed by atoms with Gasteiger partial charge in [0.2, 0.25) is 6.29 Å². The van der Waals surface area contributed by atoms with Crippen molar-refractivity contribution in [2.75, 3.05) is 26.9 Å². The van der Waals surface area contributed by atoms with Crippen LogP contribution in [-0.4, -0.2) is 164 Å². The molecule has 0 aromatic rings. The maximum Gasteiger partial charge on any atom is 0.315 e. The van der Waals surface area contributed by atoms with Crippen LogP contribution in [0.15, 0.2) is 11.6 Å². The van der Waals surface area contributed by atoms with Gasteiger partial charge in [0.1, 0.15) is 48.8 Å². The number of methoxy groups -OCH3 is 1. The number of hydrogen-bond donors (Lipinski definition) is 10. The molecule has 0 bridgehead atoms. The molecular weight excluding hydrogens is 788 g/mol. The first kappa shape index (κ1) is 46.2. The molecule has 7 rings (SSSR count). The second kappa shape index (κ2) is 16.0. The lowest BCUT2D eigenvalue weighted by molar-refractivity contribution is -0.345. The molecule has 0 radical (unpaired) electrons. The van der Waals surface area contributed by atoms with Crippen molar-refractivity contribution in [2.45, 2.75) is 166 Å². The maximum absolute atomic E-state index is 14.7. The monoisotopic (exact) mass is 856 g/mol. The summed E-state index contributed by atoms with van der Waals surface area (Å²) in [7, 11) is 1.34. The van der Waals surface area contributed by atoms with E-state index >= 15 is 0 Å².